The van der Waals surface area contributed by atoms with E-state index in [0.29, 0.717) is 48.5 Å². The van der Waals surface area contributed by atoms with E-state index in [9.17, 15) is 13.4 Å². The summed E-state index contributed by atoms with van der Waals surface area (Å²) >= 11 is 0. The number of hydrogen-bond acceptors (Lipinski definition) is 2. The summed E-state index contributed by atoms with van der Waals surface area (Å²) in [4.78, 5) is 20.1. The van der Waals surface area contributed by atoms with Crippen molar-refractivity contribution in [3.05, 3.63) is 123 Å². The van der Waals surface area contributed by atoms with E-state index in [1.807, 2.05) is 88.4 Å². The minimum absolute atomic E-state index is 0.221. The lowest BCUT2D eigenvalue weighted by atomic mass is 10.00. The fourth-order valence-corrected chi connectivity index (χ4v) is 5.11. The van der Waals surface area contributed by atoms with Gasteiger partial charge in [0.15, 0.2) is 0 Å². The minimum Gasteiger partial charge on any atom is -0.503 e. The van der Waals surface area contributed by atoms with Crippen molar-refractivity contribution in [2.24, 2.45) is 0 Å². The predicted octanol–water partition coefficient (Wildman–Crippen LogP) is 7.56. The first-order chi connectivity index (χ1) is 20.4. The largest absolute Gasteiger partial charge is 0.796 e. The topological polar surface area (TPSA) is 57.9 Å². The number of benzene rings is 2. The van der Waals surface area contributed by atoms with Crippen LogP contribution in [0.4, 0.5) is 8.63 Å². The molecule has 0 aliphatic carbocycles. The van der Waals surface area contributed by atoms with Gasteiger partial charge in [-0.05, 0) is 84.0 Å². The second kappa shape index (κ2) is 14.2. The number of aromatic amines is 2. The molecule has 42 heavy (non-hydrogen) atoms. The Morgan fingerprint density at radius 3 is 1.55 bits per heavy atom. The van der Waals surface area contributed by atoms with Gasteiger partial charge in [0.05, 0.1) is 22.8 Å². The molecule has 212 valence electrons. The van der Waals surface area contributed by atoms with Gasteiger partial charge in [0.25, 0.3) is 0 Å². The number of carbonyl (C=O) groups excluding carboxylic acids is 1. The monoisotopic (exact) mass is 562 g/mol. The van der Waals surface area contributed by atoms with Crippen LogP contribution in [-0.4, -0.2) is 23.2 Å². The van der Waals surface area contributed by atoms with Crippen LogP contribution in [0.25, 0.3) is 5.76 Å². The van der Waals surface area contributed by atoms with Crippen LogP contribution >= 0.6 is 0 Å². The van der Waals surface area contributed by atoms with E-state index < -0.39 is 13.3 Å². The van der Waals surface area contributed by atoms with Crippen molar-refractivity contribution >= 4 is 19.0 Å². The van der Waals surface area contributed by atoms with E-state index in [2.05, 4.69) is 33.6 Å². The Balaban J connectivity index is 1.80. The Kier molecular flexibility index (Phi) is 10.2. The lowest BCUT2D eigenvalue weighted by molar-refractivity contribution is 0.104. The maximum absolute atomic E-state index is 13.7. The summed E-state index contributed by atoms with van der Waals surface area (Å²) in [6.45, 7) is 7.88. The average Bonchev–Trinajstić information content (AvgIpc) is 3.56. The Bertz CT molecular complexity index is 1700. The van der Waals surface area contributed by atoms with Gasteiger partial charge in [0, 0.05) is 17.2 Å². The number of hydrogen-bond donors (Lipinski definition) is 2. The summed E-state index contributed by atoms with van der Waals surface area (Å²) in [6, 6.07) is 19.1. The van der Waals surface area contributed by atoms with Gasteiger partial charge in [-0.15, -0.1) is 0 Å². The molecule has 4 aromatic rings. The SMILES string of the molecule is CCc1c(C#Cc2ccccc2)[nH]c(C(=O)/C=C(/OB(F)F)c2[nH]c(C#Cc3ccccc3)c(CC)c2CC)c1CC. The smallest absolute Gasteiger partial charge is 0.503 e. The van der Waals surface area contributed by atoms with Crippen LogP contribution in [0.15, 0.2) is 66.7 Å². The van der Waals surface area contributed by atoms with E-state index in [1.54, 1.807) is 0 Å². The summed E-state index contributed by atoms with van der Waals surface area (Å²) in [6.07, 6.45) is 3.56. The van der Waals surface area contributed by atoms with E-state index in [4.69, 9.17) is 4.65 Å². The van der Waals surface area contributed by atoms with E-state index in [1.165, 1.54) is 0 Å². The van der Waals surface area contributed by atoms with Gasteiger partial charge in [0.2, 0.25) is 5.78 Å². The molecule has 0 spiro atoms. The highest BCUT2D eigenvalue weighted by Crippen LogP contribution is 2.29. The molecule has 0 saturated carbocycles. The van der Waals surface area contributed by atoms with Crippen LogP contribution < -0.4 is 0 Å². The Labute approximate surface area is 246 Å². The maximum Gasteiger partial charge on any atom is 0.796 e. The third kappa shape index (κ3) is 6.93. The van der Waals surface area contributed by atoms with E-state index >= 15 is 0 Å². The van der Waals surface area contributed by atoms with Crippen molar-refractivity contribution < 1.29 is 18.1 Å². The molecular formula is C35H33BF2N2O2. The van der Waals surface area contributed by atoms with E-state index in [0.717, 1.165) is 39.5 Å². The molecule has 0 unspecified atom stereocenters. The normalized spacial score (nSPS) is 10.9. The van der Waals surface area contributed by atoms with Crippen LogP contribution in [-0.2, 0) is 30.3 Å². The first-order valence-electron chi connectivity index (χ1n) is 14.2. The molecule has 0 saturated heterocycles. The summed E-state index contributed by atoms with van der Waals surface area (Å²) in [5, 5.41) is 0. The summed E-state index contributed by atoms with van der Waals surface area (Å²) in [5.41, 5.74) is 7.07. The molecule has 0 bridgehead atoms. The minimum atomic E-state index is -3.12. The third-order valence-corrected chi connectivity index (χ3v) is 7.03. The summed E-state index contributed by atoms with van der Waals surface area (Å²) in [5.74, 6) is 11.9. The lowest BCUT2D eigenvalue weighted by Gasteiger charge is -2.10. The van der Waals surface area contributed by atoms with Gasteiger partial charge in [-0.3, -0.25) is 4.79 Å². The zero-order chi connectivity index (χ0) is 30.1. The number of halogens is 2. The highest BCUT2D eigenvalue weighted by atomic mass is 19.2. The van der Waals surface area contributed by atoms with Gasteiger partial charge >= 0.3 is 7.47 Å². The standard InChI is InChI=1S/C35H33BF2N2O2/c1-5-26-28(7-3)34(39-30(26)21-19-24-15-11-9-12-16-24)32(41)23-33(42-36(37)38)35-29(8-4)27(6-2)31(40-35)22-20-25-17-13-10-14-18-25/h9-18,23,39-40H,5-8H2,1-4H3/b33-23+. The molecule has 7 heteroatoms. The van der Waals surface area contributed by atoms with Crippen LogP contribution in [0.2, 0.25) is 0 Å². The van der Waals surface area contributed by atoms with Gasteiger partial charge in [0.1, 0.15) is 5.76 Å². The molecule has 0 aliphatic rings. The molecule has 0 fully saturated rings. The second-order valence-electron chi connectivity index (χ2n) is 9.56. The molecule has 4 nitrogen and oxygen atoms in total. The number of nitrogens with one attached hydrogen (secondary N) is 2. The van der Waals surface area contributed by atoms with Gasteiger partial charge < -0.3 is 14.6 Å². The molecule has 2 N–H and O–H groups in total. The molecule has 2 aromatic heterocycles. The third-order valence-electron chi connectivity index (χ3n) is 7.03. The van der Waals surface area contributed by atoms with Crippen molar-refractivity contribution in [2.45, 2.75) is 53.4 Å². The predicted molar refractivity (Wildman–Crippen MR) is 165 cm³/mol. The zero-order valence-corrected chi connectivity index (χ0v) is 24.3. The quantitative estimate of drug-likeness (QED) is 0.0728. The van der Waals surface area contributed by atoms with Crippen molar-refractivity contribution in [2.75, 3.05) is 0 Å². The van der Waals surface area contributed by atoms with Crippen LogP contribution in [0.3, 0.4) is 0 Å². The zero-order valence-electron chi connectivity index (χ0n) is 24.3. The van der Waals surface area contributed by atoms with Crippen molar-refractivity contribution in [1.29, 1.82) is 0 Å². The van der Waals surface area contributed by atoms with Crippen molar-refractivity contribution in [1.82, 2.24) is 9.97 Å². The molecule has 2 aromatic carbocycles. The first kappa shape index (κ1) is 30.2. The number of rotatable bonds is 9. The number of allylic oxidation sites excluding steroid dienone is 1. The Morgan fingerprint density at radius 2 is 1.12 bits per heavy atom. The molecule has 0 radical (unpaired) electrons. The number of carbonyl (C=O) groups is 1. The van der Waals surface area contributed by atoms with Gasteiger partial charge in [-0.1, -0.05) is 75.9 Å². The van der Waals surface area contributed by atoms with Crippen LogP contribution in [0.5, 0.6) is 0 Å². The molecule has 0 atom stereocenters. The van der Waals surface area contributed by atoms with E-state index in [-0.39, 0.29) is 5.76 Å². The fraction of sp³-hybridized carbons (Fsp3) is 0.229. The van der Waals surface area contributed by atoms with Crippen LogP contribution in [0.1, 0.15) is 88.6 Å². The Hall–Kier alpha value is -4.75. The van der Waals surface area contributed by atoms with Gasteiger partial charge in [-0.25, -0.2) is 8.63 Å². The number of ketones is 1. The fourth-order valence-electron chi connectivity index (χ4n) is 5.11. The second-order valence-corrected chi connectivity index (χ2v) is 9.56. The first-order valence-corrected chi connectivity index (χ1v) is 14.2. The summed E-state index contributed by atoms with van der Waals surface area (Å²) in [7, 11) is -3.12. The highest BCUT2D eigenvalue weighted by molar-refractivity contribution is 6.36. The van der Waals surface area contributed by atoms with Crippen molar-refractivity contribution in [3.8, 4) is 23.7 Å². The number of aromatic nitrogens is 2. The molecule has 4 rings (SSSR count). The Morgan fingerprint density at radius 1 is 0.690 bits per heavy atom. The van der Waals surface area contributed by atoms with Gasteiger partial charge in [-0.2, -0.15) is 0 Å². The molecule has 0 aliphatic heterocycles. The molecular weight excluding hydrogens is 529 g/mol. The lowest BCUT2D eigenvalue weighted by Crippen LogP contribution is -2.09. The molecule has 2 heterocycles. The number of H-pyrrole nitrogens is 2. The molecule has 0 amide bonds. The maximum atomic E-state index is 13.7. The average molecular weight is 562 g/mol. The van der Waals surface area contributed by atoms with Crippen LogP contribution in [0, 0.1) is 23.7 Å². The van der Waals surface area contributed by atoms with Crippen molar-refractivity contribution in [3.63, 3.8) is 0 Å². The highest BCUT2D eigenvalue weighted by Gasteiger charge is 2.27. The summed E-state index contributed by atoms with van der Waals surface area (Å²) < 4.78 is 32.4.